The number of piperidine rings is 1. The molecule has 1 aliphatic rings. The second-order valence-electron chi connectivity index (χ2n) is 6.57. The molecule has 6 nitrogen and oxygen atoms in total. The van der Waals surface area contributed by atoms with Gasteiger partial charge in [0.15, 0.2) is 0 Å². The average Bonchev–Trinajstić information content (AvgIpc) is 3.18. The number of benzene rings is 1. The van der Waals surface area contributed by atoms with Crippen LogP contribution in [-0.4, -0.2) is 32.3 Å². The number of amides is 1. The van der Waals surface area contributed by atoms with Gasteiger partial charge in [0.05, 0.1) is 12.4 Å². The van der Waals surface area contributed by atoms with E-state index in [9.17, 15) is 9.18 Å². The Hall–Kier alpha value is -3.09. The fourth-order valence-electron chi connectivity index (χ4n) is 3.35. The largest absolute Gasteiger partial charge is 0.443 e. The summed E-state index contributed by atoms with van der Waals surface area (Å²) in [6, 6.07) is 6.09. The summed E-state index contributed by atoms with van der Waals surface area (Å²) in [6.45, 7) is 0.635. The van der Waals surface area contributed by atoms with Crippen molar-refractivity contribution in [3.63, 3.8) is 0 Å². The normalized spacial score (nSPS) is 17.1. The summed E-state index contributed by atoms with van der Waals surface area (Å²) in [6.07, 6.45) is 9.47. The Morgan fingerprint density at radius 2 is 2.00 bits per heavy atom. The quantitative estimate of drug-likeness (QED) is 0.706. The van der Waals surface area contributed by atoms with E-state index in [-0.39, 0.29) is 17.8 Å². The molecule has 0 unspecified atom stereocenters. The zero-order valence-electron chi connectivity index (χ0n) is 14.7. The first-order valence-corrected chi connectivity index (χ1v) is 8.97. The van der Waals surface area contributed by atoms with Crippen LogP contribution in [0.4, 0.5) is 4.39 Å². The van der Waals surface area contributed by atoms with Crippen molar-refractivity contribution in [2.75, 3.05) is 6.54 Å². The third-order valence-corrected chi connectivity index (χ3v) is 4.69. The highest BCUT2D eigenvalue weighted by Gasteiger charge is 2.32. The standard InChI is InChI=1S/C20H19FN4O2/c21-15-6-4-14(5-7-15)11-16-12-24-19(27-16)18-3-1-2-10-25(18)20(26)17-13-22-8-9-23-17/h4-9,12-13,18H,1-3,10-11H2/t18-/m1/s1. The van der Waals surface area contributed by atoms with E-state index in [2.05, 4.69) is 15.0 Å². The first-order chi connectivity index (χ1) is 13.2. The Morgan fingerprint density at radius 1 is 1.15 bits per heavy atom. The second kappa shape index (κ2) is 7.65. The third-order valence-electron chi connectivity index (χ3n) is 4.69. The van der Waals surface area contributed by atoms with Crippen LogP contribution in [0.25, 0.3) is 0 Å². The molecule has 0 N–H and O–H groups in total. The van der Waals surface area contributed by atoms with Crippen LogP contribution in [0.3, 0.4) is 0 Å². The minimum atomic E-state index is -0.266. The lowest BCUT2D eigenvalue weighted by atomic mass is 10.0. The van der Waals surface area contributed by atoms with Crippen molar-refractivity contribution < 1.29 is 13.6 Å². The van der Waals surface area contributed by atoms with E-state index in [1.807, 2.05) is 0 Å². The fourth-order valence-corrected chi connectivity index (χ4v) is 3.35. The number of aromatic nitrogens is 3. The highest BCUT2D eigenvalue weighted by atomic mass is 19.1. The van der Waals surface area contributed by atoms with E-state index in [4.69, 9.17) is 4.42 Å². The molecule has 0 aliphatic carbocycles. The van der Waals surface area contributed by atoms with E-state index in [0.29, 0.717) is 30.3 Å². The average molecular weight is 366 g/mol. The highest BCUT2D eigenvalue weighted by molar-refractivity contribution is 5.92. The van der Waals surface area contributed by atoms with Crippen molar-refractivity contribution in [1.82, 2.24) is 19.9 Å². The van der Waals surface area contributed by atoms with Crippen LogP contribution in [0.15, 0.2) is 53.5 Å². The van der Waals surface area contributed by atoms with Crippen molar-refractivity contribution >= 4 is 5.91 Å². The summed E-state index contributed by atoms with van der Waals surface area (Å²) >= 11 is 0. The minimum absolute atomic E-state index is 0.161. The van der Waals surface area contributed by atoms with Crippen molar-refractivity contribution in [2.45, 2.75) is 31.7 Å². The second-order valence-corrected chi connectivity index (χ2v) is 6.57. The predicted octanol–water partition coefficient (Wildman–Crippen LogP) is 3.56. The molecule has 138 valence electrons. The molecule has 1 saturated heterocycles. The van der Waals surface area contributed by atoms with Gasteiger partial charge in [-0.15, -0.1) is 0 Å². The van der Waals surface area contributed by atoms with Crippen molar-refractivity contribution in [3.8, 4) is 0 Å². The molecule has 2 aromatic heterocycles. The molecule has 1 aliphatic heterocycles. The first-order valence-electron chi connectivity index (χ1n) is 8.97. The van der Waals surface area contributed by atoms with Gasteiger partial charge in [-0.3, -0.25) is 9.78 Å². The van der Waals surface area contributed by atoms with Crippen LogP contribution in [0.2, 0.25) is 0 Å². The zero-order chi connectivity index (χ0) is 18.6. The molecule has 1 fully saturated rings. The molecule has 1 amide bonds. The van der Waals surface area contributed by atoms with Gasteiger partial charge >= 0.3 is 0 Å². The number of rotatable bonds is 4. The Morgan fingerprint density at radius 3 is 2.78 bits per heavy atom. The van der Waals surface area contributed by atoms with Gasteiger partial charge in [0.25, 0.3) is 5.91 Å². The summed E-state index contributed by atoms with van der Waals surface area (Å²) in [5.41, 5.74) is 1.26. The van der Waals surface area contributed by atoms with E-state index < -0.39 is 0 Å². The van der Waals surface area contributed by atoms with Gasteiger partial charge in [0, 0.05) is 25.4 Å². The number of oxazole rings is 1. The third kappa shape index (κ3) is 3.86. The topological polar surface area (TPSA) is 72.1 Å². The molecular formula is C20H19FN4O2. The van der Waals surface area contributed by atoms with Crippen LogP contribution in [0, 0.1) is 5.82 Å². The van der Waals surface area contributed by atoms with Gasteiger partial charge in [0.1, 0.15) is 23.3 Å². The molecule has 0 bridgehead atoms. The number of carbonyl (C=O) groups excluding carboxylic acids is 1. The lowest BCUT2D eigenvalue weighted by molar-refractivity contribution is 0.0563. The Kier molecular flexibility index (Phi) is 4.91. The summed E-state index contributed by atoms with van der Waals surface area (Å²) in [5, 5.41) is 0. The van der Waals surface area contributed by atoms with Gasteiger partial charge in [-0.25, -0.2) is 14.4 Å². The maximum absolute atomic E-state index is 13.0. The molecule has 7 heteroatoms. The summed E-state index contributed by atoms with van der Waals surface area (Å²) in [7, 11) is 0. The van der Waals surface area contributed by atoms with Gasteiger partial charge < -0.3 is 9.32 Å². The molecule has 1 atom stereocenters. The smallest absolute Gasteiger partial charge is 0.274 e. The Bertz CT molecular complexity index is 911. The molecule has 0 radical (unpaired) electrons. The molecular weight excluding hydrogens is 347 g/mol. The Labute approximate surface area is 156 Å². The van der Waals surface area contributed by atoms with E-state index in [1.165, 1.54) is 24.5 Å². The number of likely N-dealkylation sites (tertiary alicyclic amines) is 1. The summed E-state index contributed by atoms with van der Waals surface area (Å²) in [4.78, 5) is 27.1. The van der Waals surface area contributed by atoms with Crippen LogP contribution < -0.4 is 0 Å². The molecule has 3 aromatic rings. The van der Waals surface area contributed by atoms with Crippen molar-refractivity contribution in [3.05, 3.63) is 77.8 Å². The van der Waals surface area contributed by atoms with Gasteiger partial charge in [-0.2, -0.15) is 0 Å². The molecule has 4 rings (SSSR count). The molecule has 27 heavy (non-hydrogen) atoms. The molecule has 3 heterocycles. The predicted molar refractivity (Wildman–Crippen MR) is 95.4 cm³/mol. The lowest BCUT2D eigenvalue weighted by Gasteiger charge is -2.33. The maximum atomic E-state index is 13.0. The zero-order valence-corrected chi connectivity index (χ0v) is 14.7. The van der Waals surface area contributed by atoms with E-state index in [0.717, 1.165) is 24.8 Å². The monoisotopic (exact) mass is 366 g/mol. The van der Waals surface area contributed by atoms with Crippen LogP contribution >= 0.6 is 0 Å². The fraction of sp³-hybridized carbons (Fsp3) is 0.300. The lowest BCUT2D eigenvalue weighted by Crippen LogP contribution is -2.39. The van der Waals surface area contributed by atoms with Crippen LogP contribution in [0.5, 0.6) is 0 Å². The van der Waals surface area contributed by atoms with Gasteiger partial charge in [0.2, 0.25) is 5.89 Å². The molecule has 1 aromatic carbocycles. The number of hydrogen-bond acceptors (Lipinski definition) is 5. The molecule has 0 saturated carbocycles. The van der Waals surface area contributed by atoms with Crippen LogP contribution in [0.1, 0.15) is 53.0 Å². The number of hydrogen-bond donors (Lipinski definition) is 0. The van der Waals surface area contributed by atoms with Crippen LogP contribution in [-0.2, 0) is 6.42 Å². The molecule has 0 spiro atoms. The highest BCUT2D eigenvalue weighted by Crippen LogP contribution is 2.32. The summed E-state index contributed by atoms with van der Waals surface area (Å²) < 4.78 is 19.0. The Balaban J connectivity index is 1.53. The maximum Gasteiger partial charge on any atom is 0.274 e. The van der Waals surface area contributed by atoms with Gasteiger partial charge in [-0.05, 0) is 37.0 Å². The van der Waals surface area contributed by atoms with E-state index >= 15 is 0 Å². The van der Waals surface area contributed by atoms with Gasteiger partial charge in [-0.1, -0.05) is 12.1 Å². The number of carbonyl (C=O) groups is 1. The van der Waals surface area contributed by atoms with E-state index in [1.54, 1.807) is 29.4 Å². The van der Waals surface area contributed by atoms with Crippen molar-refractivity contribution in [2.24, 2.45) is 0 Å². The SMILES string of the molecule is O=C(c1cnccn1)N1CCCC[C@@H]1c1ncc(Cc2ccc(F)cc2)o1. The minimum Gasteiger partial charge on any atom is -0.443 e. The number of halogens is 1. The van der Waals surface area contributed by atoms with Crippen molar-refractivity contribution in [1.29, 1.82) is 0 Å². The summed E-state index contributed by atoms with van der Waals surface area (Å²) in [5.74, 6) is 0.793. The first kappa shape index (κ1) is 17.3. The number of nitrogens with zero attached hydrogens (tertiary/aromatic N) is 4.